The van der Waals surface area contributed by atoms with Crippen LogP contribution in [-0.2, 0) is 9.53 Å². The highest BCUT2D eigenvalue weighted by Gasteiger charge is 2.39. The van der Waals surface area contributed by atoms with Gasteiger partial charge in [-0.2, -0.15) is 0 Å². The molecular formula is C24H23N5O3. The van der Waals surface area contributed by atoms with Gasteiger partial charge in [-0.15, -0.1) is 0 Å². The molecule has 1 fully saturated rings. The number of rotatable bonds is 5. The van der Waals surface area contributed by atoms with E-state index in [1.165, 1.54) is 11.8 Å². The minimum Gasteiger partial charge on any atom is -0.506 e. The van der Waals surface area contributed by atoms with Crippen LogP contribution in [0.3, 0.4) is 0 Å². The normalized spacial score (nSPS) is 20.6. The maximum Gasteiger partial charge on any atom is 0.240 e. The molecule has 1 unspecified atom stereocenters. The van der Waals surface area contributed by atoms with Crippen LogP contribution in [0.4, 0.5) is 0 Å². The van der Waals surface area contributed by atoms with Gasteiger partial charge < -0.3 is 25.8 Å². The summed E-state index contributed by atoms with van der Waals surface area (Å²) < 4.78 is 5.83. The molecular weight excluding hydrogens is 406 g/mol. The second-order valence-electron chi connectivity index (χ2n) is 8.65. The van der Waals surface area contributed by atoms with E-state index in [2.05, 4.69) is 15.2 Å². The Morgan fingerprint density at radius 1 is 1.31 bits per heavy atom. The van der Waals surface area contributed by atoms with Crippen molar-refractivity contribution in [3.05, 3.63) is 71.0 Å². The number of benzene rings is 1. The molecule has 6 rings (SSSR count). The van der Waals surface area contributed by atoms with Crippen LogP contribution in [0, 0.1) is 5.92 Å². The van der Waals surface area contributed by atoms with E-state index in [0.717, 1.165) is 65.1 Å². The summed E-state index contributed by atoms with van der Waals surface area (Å²) in [4.78, 5) is 23.3. The van der Waals surface area contributed by atoms with Crippen molar-refractivity contribution >= 4 is 22.6 Å². The summed E-state index contributed by atoms with van der Waals surface area (Å²) in [6.07, 6.45) is 7.86. The number of aliphatic imine (C=N–C) groups is 1. The lowest BCUT2D eigenvalue weighted by Crippen LogP contribution is -2.43. The van der Waals surface area contributed by atoms with Crippen molar-refractivity contribution in [2.75, 3.05) is 13.2 Å². The highest BCUT2D eigenvalue weighted by atomic mass is 16.5. The average molecular weight is 429 g/mol. The minimum atomic E-state index is -0.409. The molecule has 1 aliphatic carbocycles. The summed E-state index contributed by atoms with van der Waals surface area (Å²) in [6.45, 7) is 1.30. The minimum absolute atomic E-state index is 0.134. The summed E-state index contributed by atoms with van der Waals surface area (Å²) in [7, 11) is 0. The number of hydrogen-bond donors (Lipinski definition) is 3. The number of amides is 1. The van der Waals surface area contributed by atoms with E-state index in [1.807, 2.05) is 24.4 Å². The van der Waals surface area contributed by atoms with Gasteiger partial charge in [0.25, 0.3) is 0 Å². The van der Waals surface area contributed by atoms with Crippen LogP contribution >= 0.6 is 0 Å². The van der Waals surface area contributed by atoms with Gasteiger partial charge in [0.15, 0.2) is 0 Å². The van der Waals surface area contributed by atoms with Gasteiger partial charge in [-0.1, -0.05) is 0 Å². The van der Waals surface area contributed by atoms with Crippen LogP contribution < -0.4 is 11.1 Å². The maximum absolute atomic E-state index is 12.0. The number of fused-ring (bicyclic) bond motifs is 1. The molecule has 8 heteroatoms. The summed E-state index contributed by atoms with van der Waals surface area (Å²) in [5, 5.41) is 14.0. The van der Waals surface area contributed by atoms with Gasteiger partial charge in [0.05, 0.1) is 23.1 Å². The molecule has 4 N–H and O–H groups in total. The van der Waals surface area contributed by atoms with Crippen molar-refractivity contribution in [1.82, 2.24) is 15.2 Å². The molecule has 0 bridgehead atoms. The molecule has 4 heterocycles. The lowest BCUT2D eigenvalue weighted by molar-refractivity contribution is -0.120. The number of nitrogens with zero attached hydrogens (tertiary/aromatic N) is 3. The Labute approximate surface area is 184 Å². The van der Waals surface area contributed by atoms with Gasteiger partial charge in [0.1, 0.15) is 30.5 Å². The van der Waals surface area contributed by atoms with Crippen LogP contribution in [0.5, 0.6) is 5.75 Å². The van der Waals surface area contributed by atoms with E-state index in [-0.39, 0.29) is 17.6 Å². The molecule has 1 amide bonds. The predicted octanol–water partition coefficient (Wildman–Crippen LogP) is 2.27. The van der Waals surface area contributed by atoms with Crippen molar-refractivity contribution in [2.45, 2.75) is 25.3 Å². The second-order valence-corrected chi connectivity index (χ2v) is 8.65. The monoisotopic (exact) mass is 429 g/mol. The van der Waals surface area contributed by atoms with E-state index in [0.29, 0.717) is 6.61 Å². The standard InChI is InChI=1S/C24H23N5O3/c25-23(31)21(13-1-2-13)28-20-12-32-11-15-5-6-29-22(15)18(20)10-27-24(29)14-3-4-19-16(7-14)8-17(30)9-26-19/h3-4,7-10,12-13,21,28,30H,1-2,5-6,11H2,(H2,25,31). The first-order valence-corrected chi connectivity index (χ1v) is 10.8. The zero-order chi connectivity index (χ0) is 21.8. The van der Waals surface area contributed by atoms with E-state index in [4.69, 9.17) is 15.5 Å². The summed E-state index contributed by atoms with van der Waals surface area (Å²) >= 11 is 0. The number of amidine groups is 1. The maximum atomic E-state index is 12.0. The average Bonchev–Trinajstić information content (AvgIpc) is 3.56. The van der Waals surface area contributed by atoms with Gasteiger partial charge in [0, 0.05) is 29.3 Å². The van der Waals surface area contributed by atoms with Crippen LogP contribution in [-0.4, -0.2) is 45.9 Å². The number of aromatic nitrogens is 1. The van der Waals surface area contributed by atoms with Gasteiger partial charge >= 0.3 is 0 Å². The number of carbonyl (C=O) groups is 1. The lowest BCUT2D eigenvalue weighted by Gasteiger charge is -2.30. The Bertz CT molecular complexity index is 1270. The highest BCUT2D eigenvalue weighted by Crippen LogP contribution is 2.39. The molecule has 1 aromatic heterocycles. The van der Waals surface area contributed by atoms with Crippen molar-refractivity contribution in [3.8, 4) is 5.75 Å². The van der Waals surface area contributed by atoms with Gasteiger partial charge in [-0.3, -0.25) is 9.78 Å². The number of pyridine rings is 1. The molecule has 0 radical (unpaired) electrons. The Balaban J connectivity index is 1.40. The number of ether oxygens (including phenoxy) is 1. The Hall–Kier alpha value is -3.81. The number of aromatic hydroxyl groups is 1. The molecule has 1 aromatic carbocycles. The van der Waals surface area contributed by atoms with E-state index < -0.39 is 6.04 Å². The smallest absolute Gasteiger partial charge is 0.240 e. The van der Waals surface area contributed by atoms with E-state index in [9.17, 15) is 9.90 Å². The zero-order valence-corrected chi connectivity index (χ0v) is 17.4. The summed E-state index contributed by atoms with van der Waals surface area (Å²) in [6, 6.07) is 7.23. The van der Waals surface area contributed by atoms with Crippen LogP contribution in [0.1, 0.15) is 24.8 Å². The Morgan fingerprint density at radius 2 is 2.19 bits per heavy atom. The van der Waals surface area contributed by atoms with Gasteiger partial charge in [0.2, 0.25) is 5.91 Å². The van der Waals surface area contributed by atoms with Crippen molar-refractivity contribution < 1.29 is 14.6 Å². The molecule has 0 spiro atoms. The third kappa shape index (κ3) is 3.10. The fourth-order valence-electron chi connectivity index (χ4n) is 4.72. The Kier molecular flexibility index (Phi) is 4.21. The largest absolute Gasteiger partial charge is 0.506 e. The van der Waals surface area contributed by atoms with Crippen molar-refractivity contribution in [2.24, 2.45) is 16.6 Å². The third-order valence-corrected chi connectivity index (χ3v) is 6.45. The number of nitrogens with two attached hydrogens (primary N) is 1. The third-order valence-electron chi connectivity index (χ3n) is 6.45. The molecule has 8 nitrogen and oxygen atoms in total. The van der Waals surface area contributed by atoms with E-state index >= 15 is 0 Å². The molecule has 1 atom stereocenters. The molecule has 162 valence electrons. The topological polar surface area (TPSA) is 113 Å². The zero-order valence-electron chi connectivity index (χ0n) is 17.4. The number of hydrogen-bond acceptors (Lipinski definition) is 7. The molecule has 32 heavy (non-hydrogen) atoms. The van der Waals surface area contributed by atoms with Gasteiger partial charge in [-0.05, 0) is 55.0 Å². The van der Waals surface area contributed by atoms with Gasteiger partial charge in [-0.25, -0.2) is 4.99 Å². The Morgan fingerprint density at radius 3 is 3.00 bits per heavy atom. The highest BCUT2D eigenvalue weighted by molar-refractivity contribution is 6.04. The van der Waals surface area contributed by atoms with Crippen LogP contribution in [0.25, 0.3) is 10.9 Å². The number of nitrogens with one attached hydrogen (secondary N) is 1. The first-order chi connectivity index (χ1) is 15.6. The van der Waals surface area contributed by atoms with E-state index in [1.54, 1.807) is 12.3 Å². The molecule has 2 aromatic rings. The lowest BCUT2D eigenvalue weighted by atomic mass is 10.0. The first-order valence-electron chi connectivity index (χ1n) is 10.8. The second kappa shape index (κ2) is 7.12. The molecule has 3 aliphatic heterocycles. The number of primary amides is 1. The van der Waals surface area contributed by atoms with Crippen LogP contribution in [0.15, 0.2) is 70.5 Å². The molecule has 1 saturated carbocycles. The summed E-state index contributed by atoms with van der Waals surface area (Å²) in [5.74, 6) is 0.910. The van der Waals surface area contributed by atoms with Crippen molar-refractivity contribution in [1.29, 1.82) is 0 Å². The number of carbonyl (C=O) groups excluding carboxylic acids is 1. The predicted molar refractivity (Wildman–Crippen MR) is 119 cm³/mol. The molecule has 4 aliphatic rings. The molecule has 0 saturated heterocycles. The SMILES string of the molecule is NC(=O)C(NC1=COCC2=C3C1=CN=C(c1ccc4ncc(O)cc4c1)N3CC2)C1CC1. The fraction of sp³-hybridized carbons (Fsp3) is 0.292. The fourth-order valence-corrected chi connectivity index (χ4v) is 4.72. The summed E-state index contributed by atoms with van der Waals surface area (Å²) in [5.41, 5.74) is 11.4. The quantitative estimate of drug-likeness (QED) is 0.672. The van der Waals surface area contributed by atoms with Crippen LogP contribution in [0.2, 0.25) is 0 Å². The first kappa shape index (κ1) is 18.9. The van der Waals surface area contributed by atoms with Crippen molar-refractivity contribution in [3.63, 3.8) is 0 Å².